The molecule has 0 spiro atoms. The number of hydrogen-bond acceptors (Lipinski definition) is 2. The highest BCUT2D eigenvalue weighted by molar-refractivity contribution is 5.96. The molecule has 1 aliphatic rings. The minimum atomic E-state index is -0.388. The van der Waals surface area contributed by atoms with E-state index < -0.39 is 0 Å². The molecular weight excluding hydrogens is 228 g/mol. The predicted octanol–water partition coefficient (Wildman–Crippen LogP) is 1.94. The Balaban J connectivity index is 2.60. The Bertz CT molecular complexity index is 315. The van der Waals surface area contributed by atoms with Crippen molar-refractivity contribution in [2.24, 2.45) is 5.92 Å². The predicted molar refractivity (Wildman–Crippen MR) is 72.1 cm³/mol. The van der Waals surface area contributed by atoms with Gasteiger partial charge in [0.25, 0.3) is 0 Å². The van der Waals surface area contributed by atoms with Crippen LogP contribution in [0.3, 0.4) is 0 Å². The normalized spacial score (nSPS) is 26.4. The second kappa shape index (κ2) is 6.21. The molecule has 3 unspecified atom stereocenters. The molecule has 4 nitrogen and oxygen atoms in total. The van der Waals surface area contributed by atoms with E-state index in [1.54, 1.807) is 18.7 Å². The van der Waals surface area contributed by atoms with Crippen molar-refractivity contribution in [3.05, 3.63) is 0 Å². The summed E-state index contributed by atoms with van der Waals surface area (Å²) in [5.74, 6) is 0.686. The van der Waals surface area contributed by atoms with Gasteiger partial charge in [0.1, 0.15) is 12.1 Å². The van der Waals surface area contributed by atoms with E-state index in [1.165, 1.54) is 6.42 Å². The van der Waals surface area contributed by atoms with Crippen LogP contribution in [0.15, 0.2) is 0 Å². The smallest absolute Gasteiger partial charge is 0.245 e. The van der Waals surface area contributed by atoms with Crippen molar-refractivity contribution in [2.75, 3.05) is 0 Å². The van der Waals surface area contributed by atoms with Crippen LogP contribution in [0.25, 0.3) is 0 Å². The lowest BCUT2D eigenvalue weighted by Gasteiger charge is -2.40. The van der Waals surface area contributed by atoms with Crippen molar-refractivity contribution in [1.82, 2.24) is 10.2 Å². The van der Waals surface area contributed by atoms with E-state index in [9.17, 15) is 9.59 Å². The molecule has 0 aromatic carbocycles. The van der Waals surface area contributed by atoms with Gasteiger partial charge in [-0.2, -0.15) is 0 Å². The molecule has 2 amide bonds. The highest BCUT2D eigenvalue weighted by Gasteiger charge is 2.37. The first-order chi connectivity index (χ1) is 8.34. The van der Waals surface area contributed by atoms with E-state index >= 15 is 0 Å². The van der Waals surface area contributed by atoms with Crippen LogP contribution in [-0.4, -0.2) is 34.8 Å². The first kappa shape index (κ1) is 15.0. The van der Waals surface area contributed by atoms with E-state index in [1.807, 2.05) is 6.92 Å². The Morgan fingerprint density at radius 3 is 2.33 bits per heavy atom. The molecule has 1 heterocycles. The molecule has 1 saturated heterocycles. The van der Waals surface area contributed by atoms with Gasteiger partial charge in [-0.3, -0.25) is 9.59 Å². The third-order valence-corrected chi connectivity index (χ3v) is 3.66. The van der Waals surface area contributed by atoms with Crippen molar-refractivity contribution in [3.63, 3.8) is 0 Å². The molecule has 0 aromatic heterocycles. The third kappa shape index (κ3) is 3.47. The second-order valence-electron chi connectivity index (χ2n) is 5.83. The Morgan fingerprint density at radius 1 is 1.17 bits per heavy atom. The number of piperazine rings is 1. The van der Waals surface area contributed by atoms with Gasteiger partial charge in [-0.15, -0.1) is 0 Å². The summed E-state index contributed by atoms with van der Waals surface area (Å²) in [5, 5.41) is 2.71. The molecule has 1 fully saturated rings. The van der Waals surface area contributed by atoms with Gasteiger partial charge in [-0.25, -0.2) is 0 Å². The summed E-state index contributed by atoms with van der Waals surface area (Å²) in [6.45, 7) is 10.0. The van der Waals surface area contributed by atoms with Crippen molar-refractivity contribution < 1.29 is 9.59 Å². The standard InChI is InChI=1S/C14H26N2O2/c1-9(2)7-6-8-10(3)16-12(5)13(17)15-11(4)14(16)18/h9-12H,6-8H2,1-5H3,(H,15,17). The van der Waals surface area contributed by atoms with E-state index in [2.05, 4.69) is 19.2 Å². The summed E-state index contributed by atoms with van der Waals surface area (Å²) >= 11 is 0. The van der Waals surface area contributed by atoms with Crippen LogP contribution in [0.2, 0.25) is 0 Å². The molecule has 0 aromatic rings. The van der Waals surface area contributed by atoms with Crippen LogP contribution in [-0.2, 0) is 9.59 Å². The molecule has 1 aliphatic heterocycles. The van der Waals surface area contributed by atoms with Crippen molar-refractivity contribution in [1.29, 1.82) is 0 Å². The summed E-state index contributed by atoms with van der Waals surface area (Å²) in [6, 6.07) is -0.594. The zero-order valence-corrected chi connectivity index (χ0v) is 12.2. The van der Waals surface area contributed by atoms with Crippen LogP contribution in [0, 0.1) is 5.92 Å². The Labute approximate surface area is 110 Å². The van der Waals surface area contributed by atoms with E-state index in [-0.39, 0.29) is 29.9 Å². The second-order valence-corrected chi connectivity index (χ2v) is 5.83. The van der Waals surface area contributed by atoms with Gasteiger partial charge >= 0.3 is 0 Å². The SMILES string of the molecule is CC(C)CCCC(C)N1C(=O)C(C)NC(=O)C1C. The Kier molecular flexibility index (Phi) is 5.17. The van der Waals surface area contributed by atoms with Gasteiger partial charge < -0.3 is 10.2 Å². The maximum atomic E-state index is 12.1. The van der Waals surface area contributed by atoms with E-state index in [0.717, 1.165) is 12.8 Å². The summed E-state index contributed by atoms with van der Waals surface area (Å²) in [4.78, 5) is 25.6. The maximum Gasteiger partial charge on any atom is 0.245 e. The first-order valence-electron chi connectivity index (χ1n) is 6.97. The number of carbonyl (C=O) groups is 2. The van der Waals surface area contributed by atoms with Crippen LogP contribution in [0.4, 0.5) is 0 Å². The van der Waals surface area contributed by atoms with Crippen molar-refractivity contribution in [2.45, 2.75) is 72.0 Å². The van der Waals surface area contributed by atoms with Gasteiger partial charge in [-0.05, 0) is 33.1 Å². The molecule has 1 N–H and O–H groups in total. The minimum absolute atomic E-state index is 0.0409. The minimum Gasteiger partial charge on any atom is -0.343 e. The molecule has 0 radical (unpaired) electrons. The summed E-state index contributed by atoms with van der Waals surface area (Å²) < 4.78 is 0. The van der Waals surface area contributed by atoms with E-state index in [0.29, 0.717) is 5.92 Å². The number of carbonyl (C=O) groups excluding carboxylic acids is 2. The van der Waals surface area contributed by atoms with Crippen LogP contribution in [0.1, 0.15) is 53.9 Å². The summed E-state index contributed by atoms with van der Waals surface area (Å²) in [7, 11) is 0. The molecule has 4 heteroatoms. The highest BCUT2D eigenvalue weighted by atomic mass is 16.2. The average Bonchev–Trinajstić information content (AvgIpc) is 2.26. The van der Waals surface area contributed by atoms with Gasteiger partial charge in [-0.1, -0.05) is 26.7 Å². The summed E-state index contributed by atoms with van der Waals surface area (Å²) in [5.41, 5.74) is 0. The van der Waals surface area contributed by atoms with Crippen LogP contribution in [0.5, 0.6) is 0 Å². The van der Waals surface area contributed by atoms with E-state index in [4.69, 9.17) is 0 Å². The number of amides is 2. The number of nitrogens with zero attached hydrogens (tertiary/aromatic N) is 1. The molecule has 0 bridgehead atoms. The molecule has 0 saturated carbocycles. The fourth-order valence-electron chi connectivity index (χ4n) is 2.50. The fourth-order valence-corrected chi connectivity index (χ4v) is 2.50. The van der Waals surface area contributed by atoms with Gasteiger partial charge in [0.05, 0.1) is 0 Å². The largest absolute Gasteiger partial charge is 0.343 e. The lowest BCUT2D eigenvalue weighted by molar-refractivity contribution is -0.150. The van der Waals surface area contributed by atoms with Crippen molar-refractivity contribution >= 4 is 11.8 Å². The Hall–Kier alpha value is -1.06. The number of nitrogens with one attached hydrogen (secondary N) is 1. The molecular formula is C14H26N2O2. The average molecular weight is 254 g/mol. The molecule has 3 atom stereocenters. The molecule has 104 valence electrons. The third-order valence-electron chi connectivity index (χ3n) is 3.66. The maximum absolute atomic E-state index is 12.1. The topological polar surface area (TPSA) is 49.4 Å². The monoisotopic (exact) mass is 254 g/mol. The van der Waals surface area contributed by atoms with Gasteiger partial charge in [0.15, 0.2) is 0 Å². The van der Waals surface area contributed by atoms with Crippen molar-refractivity contribution in [3.8, 4) is 0 Å². The zero-order chi connectivity index (χ0) is 13.9. The van der Waals surface area contributed by atoms with Gasteiger partial charge in [0, 0.05) is 6.04 Å². The molecule has 18 heavy (non-hydrogen) atoms. The lowest BCUT2D eigenvalue weighted by Crippen LogP contribution is -2.63. The highest BCUT2D eigenvalue weighted by Crippen LogP contribution is 2.18. The zero-order valence-electron chi connectivity index (χ0n) is 12.2. The summed E-state index contributed by atoms with van der Waals surface area (Å²) in [6.07, 6.45) is 3.24. The van der Waals surface area contributed by atoms with Crippen LogP contribution >= 0.6 is 0 Å². The first-order valence-corrected chi connectivity index (χ1v) is 6.97. The quantitative estimate of drug-likeness (QED) is 0.815. The number of rotatable bonds is 5. The fraction of sp³-hybridized carbons (Fsp3) is 0.857. The van der Waals surface area contributed by atoms with Gasteiger partial charge in [0.2, 0.25) is 11.8 Å². The Morgan fingerprint density at radius 2 is 1.78 bits per heavy atom. The van der Waals surface area contributed by atoms with Crippen LogP contribution < -0.4 is 5.32 Å². The lowest BCUT2D eigenvalue weighted by atomic mass is 10.00. The molecule has 0 aliphatic carbocycles. The number of hydrogen-bond donors (Lipinski definition) is 1. The molecule has 1 rings (SSSR count).